The van der Waals surface area contributed by atoms with E-state index in [2.05, 4.69) is 10.0 Å². The van der Waals surface area contributed by atoms with Crippen LogP contribution in [0.15, 0.2) is 35.4 Å². The highest BCUT2D eigenvalue weighted by Crippen LogP contribution is 2.22. The van der Waals surface area contributed by atoms with Crippen LogP contribution in [-0.2, 0) is 4.79 Å². The first-order valence-electron chi connectivity index (χ1n) is 7.25. The minimum Gasteiger partial charge on any atom is -0.393 e. The molecule has 6 nitrogen and oxygen atoms in total. The number of rotatable bonds is 5. The van der Waals surface area contributed by atoms with Crippen LogP contribution in [0.2, 0.25) is 0 Å². The Kier molecular flexibility index (Phi) is 5.60. The van der Waals surface area contributed by atoms with Crippen molar-refractivity contribution in [1.29, 1.82) is 0 Å². The second-order valence-electron chi connectivity index (χ2n) is 5.28. The molecule has 21 heavy (non-hydrogen) atoms. The number of aliphatic hydroxyl groups is 1. The van der Waals surface area contributed by atoms with Crippen molar-refractivity contribution < 1.29 is 9.90 Å². The summed E-state index contributed by atoms with van der Waals surface area (Å²) in [5.41, 5.74) is 9.67. The zero-order valence-corrected chi connectivity index (χ0v) is 11.9. The van der Waals surface area contributed by atoms with Crippen LogP contribution in [0, 0.1) is 0 Å². The van der Waals surface area contributed by atoms with E-state index in [1.165, 1.54) is 0 Å². The molecular formula is C15H20N4O2. The van der Waals surface area contributed by atoms with E-state index in [0.717, 1.165) is 5.56 Å². The Morgan fingerprint density at radius 3 is 2.86 bits per heavy atom. The Morgan fingerprint density at radius 1 is 1.38 bits per heavy atom. The van der Waals surface area contributed by atoms with Gasteiger partial charge in [0.2, 0.25) is 5.91 Å². The number of amides is 1. The summed E-state index contributed by atoms with van der Waals surface area (Å²) < 4.78 is 0. The summed E-state index contributed by atoms with van der Waals surface area (Å²) in [6, 6.07) is 9.31. The van der Waals surface area contributed by atoms with Gasteiger partial charge >= 0.3 is 0 Å². The molecule has 1 N–H and O–H groups in total. The molecule has 1 aliphatic rings. The van der Waals surface area contributed by atoms with Gasteiger partial charge in [-0.1, -0.05) is 35.4 Å². The molecule has 6 heteroatoms. The molecule has 1 aromatic rings. The molecule has 1 unspecified atom stereocenters. The van der Waals surface area contributed by atoms with Crippen molar-refractivity contribution in [3.8, 4) is 0 Å². The van der Waals surface area contributed by atoms with Gasteiger partial charge in [0, 0.05) is 24.4 Å². The standard InChI is InChI=1S/C15H20N4O2/c16-18-17-14(12-4-2-1-3-5-12)9-11-19-10-8-13(20)6-7-15(19)21/h1-5,13-14,20H,6-11H2/t13-,14?/m1/s1. The van der Waals surface area contributed by atoms with Gasteiger partial charge in [0.1, 0.15) is 0 Å². The zero-order chi connectivity index (χ0) is 15.1. The number of azide groups is 1. The number of likely N-dealkylation sites (tertiary alicyclic amines) is 1. The summed E-state index contributed by atoms with van der Waals surface area (Å²) in [5.74, 6) is 0.0688. The molecule has 2 rings (SSSR count). The van der Waals surface area contributed by atoms with Crippen molar-refractivity contribution in [1.82, 2.24) is 4.90 Å². The molecule has 112 valence electrons. The molecular weight excluding hydrogens is 268 g/mol. The van der Waals surface area contributed by atoms with Gasteiger partial charge in [0.05, 0.1) is 12.1 Å². The van der Waals surface area contributed by atoms with E-state index in [0.29, 0.717) is 38.8 Å². The third kappa shape index (κ3) is 4.48. The molecule has 0 saturated carbocycles. The lowest BCUT2D eigenvalue weighted by Crippen LogP contribution is -2.32. The van der Waals surface area contributed by atoms with Gasteiger partial charge in [0.25, 0.3) is 0 Å². The van der Waals surface area contributed by atoms with Gasteiger partial charge in [-0.15, -0.1) is 0 Å². The van der Waals surface area contributed by atoms with Crippen molar-refractivity contribution in [2.75, 3.05) is 13.1 Å². The van der Waals surface area contributed by atoms with E-state index in [4.69, 9.17) is 5.53 Å². The molecule has 1 aliphatic heterocycles. The first-order chi connectivity index (χ1) is 10.2. The lowest BCUT2D eigenvalue weighted by Gasteiger charge is -2.22. The van der Waals surface area contributed by atoms with Crippen molar-refractivity contribution in [2.45, 2.75) is 37.8 Å². The minimum atomic E-state index is -0.388. The van der Waals surface area contributed by atoms with Crippen molar-refractivity contribution in [2.24, 2.45) is 5.11 Å². The van der Waals surface area contributed by atoms with Crippen molar-refractivity contribution in [3.05, 3.63) is 46.3 Å². The molecule has 1 heterocycles. The average molecular weight is 288 g/mol. The lowest BCUT2D eigenvalue weighted by molar-refractivity contribution is -0.130. The fourth-order valence-electron chi connectivity index (χ4n) is 2.57. The number of carbonyl (C=O) groups excluding carboxylic acids is 1. The fourth-order valence-corrected chi connectivity index (χ4v) is 2.57. The van der Waals surface area contributed by atoms with Gasteiger partial charge in [-0.05, 0) is 30.4 Å². The number of carbonyl (C=O) groups is 1. The maximum absolute atomic E-state index is 12.0. The van der Waals surface area contributed by atoms with Crippen LogP contribution in [0.5, 0.6) is 0 Å². The molecule has 0 spiro atoms. The number of hydrogen-bond acceptors (Lipinski definition) is 3. The number of hydrogen-bond donors (Lipinski definition) is 1. The van der Waals surface area contributed by atoms with E-state index < -0.39 is 0 Å². The van der Waals surface area contributed by atoms with Crippen LogP contribution < -0.4 is 0 Å². The summed E-state index contributed by atoms with van der Waals surface area (Å²) in [6.45, 7) is 1.11. The Hall–Kier alpha value is -2.04. The van der Waals surface area contributed by atoms with E-state index in [-0.39, 0.29) is 18.1 Å². The molecule has 0 aromatic heterocycles. The van der Waals surface area contributed by atoms with E-state index in [9.17, 15) is 9.90 Å². The topological polar surface area (TPSA) is 89.3 Å². The highest BCUT2D eigenvalue weighted by Gasteiger charge is 2.22. The van der Waals surface area contributed by atoms with E-state index >= 15 is 0 Å². The van der Waals surface area contributed by atoms with Crippen molar-refractivity contribution in [3.63, 3.8) is 0 Å². The Bertz CT molecular complexity index is 514. The molecule has 1 amide bonds. The third-order valence-corrected chi connectivity index (χ3v) is 3.82. The first-order valence-corrected chi connectivity index (χ1v) is 7.25. The molecule has 2 atom stereocenters. The second-order valence-corrected chi connectivity index (χ2v) is 5.28. The van der Waals surface area contributed by atoms with Crippen LogP contribution in [0.4, 0.5) is 0 Å². The van der Waals surface area contributed by atoms with E-state index in [1.807, 2.05) is 30.3 Å². The largest absolute Gasteiger partial charge is 0.393 e. The van der Waals surface area contributed by atoms with Crippen LogP contribution in [0.3, 0.4) is 0 Å². The maximum Gasteiger partial charge on any atom is 0.222 e. The molecule has 1 aromatic carbocycles. The monoisotopic (exact) mass is 288 g/mol. The molecule has 1 saturated heterocycles. The predicted molar refractivity (Wildman–Crippen MR) is 79.4 cm³/mol. The molecule has 0 bridgehead atoms. The Morgan fingerprint density at radius 2 is 2.14 bits per heavy atom. The van der Waals surface area contributed by atoms with Crippen LogP contribution in [-0.4, -0.2) is 35.1 Å². The summed E-state index contributed by atoms with van der Waals surface area (Å²) >= 11 is 0. The normalized spacial score (nSPS) is 20.5. The SMILES string of the molecule is [N-]=[N+]=NC(CCN1CC[C@H](O)CCC1=O)c1ccccc1. The first kappa shape index (κ1) is 15.4. The second kappa shape index (κ2) is 7.67. The Balaban J connectivity index is 1.98. The third-order valence-electron chi connectivity index (χ3n) is 3.82. The average Bonchev–Trinajstić information content (AvgIpc) is 2.67. The Labute approximate surface area is 124 Å². The van der Waals surface area contributed by atoms with Crippen LogP contribution >= 0.6 is 0 Å². The predicted octanol–water partition coefficient (Wildman–Crippen LogP) is 2.80. The smallest absolute Gasteiger partial charge is 0.222 e. The molecule has 0 radical (unpaired) electrons. The van der Waals surface area contributed by atoms with Gasteiger partial charge in [-0.2, -0.15) is 0 Å². The van der Waals surface area contributed by atoms with Gasteiger partial charge in [0.15, 0.2) is 0 Å². The number of aliphatic hydroxyl groups excluding tert-OH is 1. The number of benzene rings is 1. The number of nitrogens with zero attached hydrogens (tertiary/aromatic N) is 4. The summed E-state index contributed by atoms with van der Waals surface area (Å²) in [4.78, 5) is 16.6. The summed E-state index contributed by atoms with van der Waals surface area (Å²) in [7, 11) is 0. The lowest BCUT2D eigenvalue weighted by atomic mass is 10.0. The summed E-state index contributed by atoms with van der Waals surface area (Å²) in [6.07, 6.45) is 1.74. The van der Waals surface area contributed by atoms with E-state index in [1.54, 1.807) is 4.90 Å². The summed E-state index contributed by atoms with van der Waals surface area (Å²) in [5, 5.41) is 13.5. The highest BCUT2D eigenvalue weighted by atomic mass is 16.3. The molecule has 1 fully saturated rings. The zero-order valence-electron chi connectivity index (χ0n) is 11.9. The fraction of sp³-hybridized carbons (Fsp3) is 0.533. The minimum absolute atomic E-state index is 0.0688. The quantitative estimate of drug-likeness (QED) is 0.513. The van der Waals surface area contributed by atoms with Crippen LogP contribution in [0.25, 0.3) is 10.4 Å². The van der Waals surface area contributed by atoms with Crippen LogP contribution in [0.1, 0.15) is 37.3 Å². The maximum atomic E-state index is 12.0. The van der Waals surface area contributed by atoms with Crippen molar-refractivity contribution >= 4 is 5.91 Å². The molecule has 0 aliphatic carbocycles. The van der Waals surface area contributed by atoms with Gasteiger partial charge in [-0.3, -0.25) is 4.79 Å². The van der Waals surface area contributed by atoms with Gasteiger partial charge in [-0.25, -0.2) is 0 Å². The van der Waals surface area contributed by atoms with Gasteiger partial charge < -0.3 is 10.0 Å². The highest BCUT2D eigenvalue weighted by molar-refractivity contribution is 5.76.